The van der Waals surface area contributed by atoms with Crippen molar-refractivity contribution in [3.8, 4) is 0 Å². The van der Waals surface area contributed by atoms with Crippen LogP contribution in [0.2, 0.25) is 0 Å². The largest absolute Gasteiger partial charge is 0.336 e. The Morgan fingerprint density at radius 1 is 1.15 bits per heavy atom. The number of hydrogen-bond acceptors (Lipinski definition) is 3. The minimum Gasteiger partial charge on any atom is -0.336 e. The lowest BCUT2D eigenvalue weighted by molar-refractivity contribution is 0.0728. The number of amides is 3. The fourth-order valence-corrected chi connectivity index (χ4v) is 2.71. The maximum atomic E-state index is 12.9. The predicted molar refractivity (Wildman–Crippen MR) is 101 cm³/mol. The molecule has 1 aromatic heterocycles. The van der Waals surface area contributed by atoms with Crippen molar-refractivity contribution in [2.45, 2.75) is 45.3 Å². The highest BCUT2D eigenvalue weighted by Gasteiger charge is 2.33. The van der Waals surface area contributed by atoms with Crippen LogP contribution in [-0.4, -0.2) is 33.9 Å². The molecule has 26 heavy (non-hydrogen) atoms. The summed E-state index contributed by atoms with van der Waals surface area (Å²) in [5.41, 5.74) is 2.15. The fourth-order valence-electron chi connectivity index (χ4n) is 2.71. The molecule has 0 radical (unpaired) electrons. The zero-order chi connectivity index (χ0) is 18.5. The maximum Gasteiger partial charge on any atom is 0.319 e. The van der Waals surface area contributed by atoms with Crippen LogP contribution >= 0.6 is 0 Å². The van der Waals surface area contributed by atoms with Gasteiger partial charge in [0.2, 0.25) is 0 Å². The van der Waals surface area contributed by atoms with Crippen molar-refractivity contribution in [1.82, 2.24) is 15.2 Å². The van der Waals surface area contributed by atoms with Crippen LogP contribution in [0.3, 0.4) is 0 Å². The Morgan fingerprint density at radius 3 is 2.46 bits per heavy atom. The van der Waals surface area contributed by atoms with Crippen molar-refractivity contribution < 1.29 is 9.59 Å². The van der Waals surface area contributed by atoms with Crippen molar-refractivity contribution in [3.63, 3.8) is 0 Å². The molecule has 0 atom stereocenters. The normalized spacial score (nSPS) is 13.3. The third kappa shape index (κ3) is 4.81. The van der Waals surface area contributed by atoms with Gasteiger partial charge in [-0.1, -0.05) is 6.07 Å². The number of pyridine rings is 1. The quantitative estimate of drug-likeness (QED) is 0.836. The predicted octanol–water partition coefficient (Wildman–Crippen LogP) is 3.42. The lowest BCUT2D eigenvalue weighted by Crippen LogP contribution is -2.34. The number of carbonyl (C=O) groups excluding carboxylic acids is 2. The van der Waals surface area contributed by atoms with Crippen molar-refractivity contribution in [3.05, 3.63) is 59.9 Å². The second-order valence-corrected chi connectivity index (χ2v) is 6.82. The Labute approximate surface area is 153 Å². The van der Waals surface area contributed by atoms with Gasteiger partial charge in [-0.2, -0.15) is 0 Å². The molecule has 0 spiro atoms. The van der Waals surface area contributed by atoms with E-state index in [9.17, 15) is 9.59 Å². The average Bonchev–Trinajstić information content (AvgIpc) is 3.45. The molecule has 0 bridgehead atoms. The summed E-state index contributed by atoms with van der Waals surface area (Å²) in [5, 5.41) is 5.52. The fraction of sp³-hybridized carbons (Fsp3) is 0.350. The van der Waals surface area contributed by atoms with Crippen LogP contribution < -0.4 is 10.6 Å². The molecule has 136 valence electrons. The number of nitrogens with zero attached hydrogens (tertiary/aromatic N) is 2. The molecule has 2 N–H and O–H groups in total. The van der Waals surface area contributed by atoms with Crippen molar-refractivity contribution in [2.24, 2.45) is 0 Å². The molecule has 1 heterocycles. The van der Waals surface area contributed by atoms with Gasteiger partial charge in [0.05, 0.1) is 12.2 Å². The first-order valence-electron chi connectivity index (χ1n) is 8.91. The topological polar surface area (TPSA) is 74.3 Å². The summed E-state index contributed by atoms with van der Waals surface area (Å²) in [4.78, 5) is 30.9. The van der Waals surface area contributed by atoms with E-state index in [0.29, 0.717) is 23.8 Å². The van der Waals surface area contributed by atoms with Gasteiger partial charge in [-0.15, -0.1) is 0 Å². The number of anilines is 1. The molecule has 6 nitrogen and oxygen atoms in total. The van der Waals surface area contributed by atoms with E-state index in [4.69, 9.17) is 0 Å². The molecule has 0 aliphatic heterocycles. The number of aromatic nitrogens is 1. The number of hydrogen-bond donors (Lipinski definition) is 2. The van der Waals surface area contributed by atoms with Crippen molar-refractivity contribution in [1.29, 1.82) is 0 Å². The molecule has 6 heteroatoms. The van der Waals surface area contributed by atoms with E-state index in [0.717, 1.165) is 18.5 Å². The molecule has 2 aromatic rings. The van der Waals surface area contributed by atoms with Crippen LogP contribution in [0.15, 0.2) is 48.7 Å². The van der Waals surface area contributed by atoms with Gasteiger partial charge in [0.1, 0.15) is 0 Å². The number of nitrogens with one attached hydrogen (secondary N) is 2. The van der Waals surface area contributed by atoms with Crippen LogP contribution in [0.25, 0.3) is 0 Å². The average molecular weight is 352 g/mol. The lowest BCUT2D eigenvalue weighted by Gasteiger charge is -2.22. The van der Waals surface area contributed by atoms with Gasteiger partial charge in [0, 0.05) is 29.5 Å². The highest BCUT2D eigenvalue weighted by atomic mass is 16.2. The van der Waals surface area contributed by atoms with Gasteiger partial charge in [-0.3, -0.25) is 9.78 Å². The monoisotopic (exact) mass is 352 g/mol. The summed E-state index contributed by atoms with van der Waals surface area (Å²) in [5.74, 6) is -0.00339. The first-order valence-corrected chi connectivity index (χ1v) is 8.91. The van der Waals surface area contributed by atoms with E-state index >= 15 is 0 Å². The molecule has 0 saturated heterocycles. The van der Waals surface area contributed by atoms with E-state index in [-0.39, 0.29) is 18.0 Å². The van der Waals surface area contributed by atoms with E-state index in [2.05, 4.69) is 15.6 Å². The van der Waals surface area contributed by atoms with E-state index in [1.165, 1.54) is 0 Å². The Kier molecular flexibility index (Phi) is 5.51. The molecule has 0 unspecified atom stereocenters. The molecule has 1 aromatic carbocycles. The van der Waals surface area contributed by atoms with Crippen molar-refractivity contribution >= 4 is 17.6 Å². The summed E-state index contributed by atoms with van der Waals surface area (Å²) in [6, 6.07) is 12.8. The minimum atomic E-state index is -0.256. The van der Waals surface area contributed by atoms with Gasteiger partial charge in [-0.05, 0) is 63.1 Å². The maximum absolute atomic E-state index is 12.9. The first kappa shape index (κ1) is 17.9. The molecular weight excluding hydrogens is 328 g/mol. The van der Waals surface area contributed by atoms with Crippen LogP contribution in [0.4, 0.5) is 10.5 Å². The third-order valence-electron chi connectivity index (χ3n) is 4.12. The zero-order valence-corrected chi connectivity index (χ0v) is 15.1. The third-order valence-corrected chi connectivity index (χ3v) is 4.12. The number of benzene rings is 1. The van der Waals surface area contributed by atoms with Crippen molar-refractivity contribution in [2.75, 3.05) is 5.32 Å². The Hall–Kier alpha value is -2.89. The Bertz CT molecular complexity index is 755. The second kappa shape index (κ2) is 7.99. The molecule has 3 rings (SSSR count). The highest BCUT2D eigenvalue weighted by molar-refractivity contribution is 5.96. The second-order valence-electron chi connectivity index (χ2n) is 6.82. The van der Waals surface area contributed by atoms with E-state index in [1.54, 1.807) is 30.5 Å². The van der Waals surface area contributed by atoms with Gasteiger partial charge in [-0.25, -0.2) is 4.79 Å². The molecule has 1 saturated carbocycles. The van der Waals surface area contributed by atoms with Gasteiger partial charge < -0.3 is 15.5 Å². The summed E-state index contributed by atoms with van der Waals surface area (Å²) < 4.78 is 0. The van der Waals surface area contributed by atoms with Crippen LogP contribution in [0, 0.1) is 0 Å². The van der Waals surface area contributed by atoms with Gasteiger partial charge >= 0.3 is 6.03 Å². The van der Waals surface area contributed by atoms with Crippen LogP contribution in [-0.2, 0) is 6.54 Å². The SMILES string of the molecule is CC(C)NC(=O)Nc1ccc(C(=O)N(Cc2ccccn2)C2CC2)cc1. The molecule has 3 amide bonds. The standard InChI is InChI=1S/C20H24N4O2/c1-14(2)22-20(26)23-16-8-6-15(7-9-16)19(25)24(18-10-11-18)13-17-5-3-4-12-21-17/h3-9,12,14,18H,10-11,13H2,1-2H3,(H2,22,23,26). The lowest BCUT2D eigenvalue weighted by atomic mass is 10.1. The Balaban J connectivity index is 1.67. The minimum absolute atomic E-state index is 0.00339. The summed E-state index contributed by atoms with van der Waals surface area (Å²) in [6.45, 7) is 4.31. The smallest absolute Gasteiger partial charge is 0.319 e. The summed E-state index contributed by atoms with van der Waals surface area (Å²) >= 11 is 0. The molecular formula is C20H24N4O2. The van der Waals surface area contributed by atoms with Crippen LogP contribution in [0.5, 0.6) is 0 Å². The van der Waals surface area contributed by atoms with Crippen LogP contribution in [0.1, 0.15) is 42.7 Å². The summed E-state index contributed by atoms with van der Waals surface area (Å²) in [6.07, 6.45) is 3.81. The molecule has 1 aliphatic carbocycles. The van der Waals surface area contributed by atoms with E-state index < -0.39 is 0 Å². The highest BCUT2D eigenvalue weighted by Crippen LogP contribution is 2.29. The number of urea groups is 1. The Morgan fingerprint density at radius 2 is 1.88 bits per heavy atom. The first-order chi connectivity index (χ1) is 12.5. The molecule has 1 aliphatic rings. The number of rotatable bonds is 6. The number of carbonyl (C=O) groups is 2. The van der Waals surface area contributed by atoms with Gasteiger partial charge in [0.25, 0.3) is 5.91 Å². The molecule has 1 fully saturated rings. The van der Waals surface area contributed by atoms with E-state index in [1.807, 2.05) is 36.9 Å². The summed E-state index contributed by atoms with van der Waals surface area (Å²) in [7, 11) is 0. The zero-order valence-electron chi connectivity index (χ0n) is 15.1. The van der Waals surface area contributed by atoms with Gasteiger partial charge in [0.15, 0.2) is 0 Å².